The van der Waals surface area contributed by atoms with Gasteiger partial charge in [0, 0.05) is 5.69 Å². The Morgan fingerprint density at radius 3 is 2.22 bits per heavy atom. The Hall–Kier alpha value is -2.38. The van der Waals surface area contributed by atoms with Gasteiger partial charge in [0.15, 0.2) is 0 Å². The third-order valence-corrected chi connectivity index (χ3v) is 5.83. The van der Waals surface area contributed by atoms with Gasteiger partial charge in [0.1, 0.15) is 5.75 Å². The van der Waals surface area contributed by atoms with Crippen LogP contribution < -0.4 is 14.8 Å². The molecule has 1 amide bonds. The summed E-state index contributed by atoms with van der Waals surface area (Å²) >= 11 is 0. The molecule has 0 saturated heterocycles. The second-order valence-electron chi connectivity index (χ2n) is 6.70. The molecule has 27 heavy (non-hydrogen) atoms. The maximum atomic E-state index is 12.6. The average molecular weight is 391 g/mol. The van der Waals surface area contributed by atoms with E-state index in [9.17, 15) is 13.2 Å². The molecule has 0 spiro atoms. The Bertz CT molecular complexity index is 906. The van der Waals surface area contributed by atoms with E-state index in [0.717, 1.165) is 16.8 Å². The minimum Gasteiger partial charge on any atom is -0.497 e. The maximum absolute atomic E-state index is 12.6. The van der Waals surface area contributed by atoms with Gasteiger partial charge in [0.25, 0.3) is 0 Å². The average Bonchev–Trinajstić information content (AvgIpc) is 2.62. The molecule has 1 atom stereocenters. The van der Waals surface area contributed by atoms with Crippen LogP contribution in [0.2, 0.25) is 0 Å². The van der Waals surface area contributed by atoms with E-state index in [1.165, 1.54) is 26.2 Å². The molecule has 7 heteroatoms. The molecule has 0 bridgehead atoms. The molecule has 2 N–H and O–H groups in total. The van der Waals surface area contributed by atoms with Crippen LogP contribution in [0.3, 0.4) is 0 Å². The smallest absolute Gasteiger partial charge is 0.242 e. The van der Waals surface area contributed by atoms with Crippen molar-refractivity contribution in [2.75, 3.05) is 12.4 Å². The maximum Gasteiger partial charge on any atom is 0.242 e. The van der Waals surface area contributed by atoms with Gasteiger partial charge in [-0.3, -0.25) is 4.79 Å². The first-order valence-corrected chi connectivity index (χ1v) is 10.2. The van der Waals surface area contributed by atoms with Crippen LogP contribution in [0.1, 0.15) is 37.8 Å². The number of rotatable bonds is 7. The van der Waals surface area contributed by atoms with Crippen molar-refractivity contribution in [3.05, 3.63) is 53.6 Å². The van der Waals surface area contributed by atoms with Crippen molar-refractivity contribution in [2.45, 2.75) is 44.6 Å². The molecule has 0 aliphatic heterocycles. The fourth-order valence-electron chi connectivity index (χ4n) is 2.68. The fraction of sp³-hybridized carbons (Fsp3) is 0.350. The topological polar surface area (TPSA) is 84.5 Å². The third kappa shape index (κ3) is 5.08. The Kier molecular flexibility index (Phi) is 6.62. The molecule has 0 unspecified atom stereocenters. The highest BCUT2D eigenvalue weighted by Gasteiger charge is 2.23. The van der Waals surface area contributed by atoms with Crippen LogP contribution in [-0.4, -0.2) is 27.5 Å². The Balaban J connectivity index is 2.16. The number of amides is 1. The van der Waals surface area contributed by atoms with Crippen LogP contribution in [0.15, 0.2) is 47.4 Å². The number of sulfonamides is 1. The van der Waals surface area contributed by atoms with Gasteiger partial charge < -0.3 is 10.1 Å². The van der Waals surface area contributed by atoms with Crippen molar-refractivity contribution < 1.29 is 17.9 Å². The number of hydrogen-bond acceptors (Lipinski definition) is 4. The summed E-state index contributed by atoms with van der Waals surface area (Å²) < 4.78 is 32.5. The highest BCUT2D eigenvalue weighted by molar-refractivity contribution is 7.89. The number of carbonyl (C=O) groups excluding carboxylic acids is 1. The first-order valence-electron chi connectivity index (χ1n) is 8.72. The number of para-hydroxylation sites is 1. The number of nitrogens with one attached hydrogen (secondary N) is 2. The standard InChI is InChI=1S/C20H26N2O4S/c1-13(2)18-8-6-7-14(3)19(18)21-20(23)15(4)22-27(24,25)17-11-9-16(26-5)10-12-17/h6-13,15,22H,1-5H3,(H,21,23)/t15-/m0/s1. The molecule has 6 nitrogen and oxygen atoms in total. The summed E-state index contributed by atoms with van der Waals surface area (Å²) in [6.45, 7) is 7.51. The zero-order chi connectivity index (χ0) is 20.2. The molecule has 0 aromatic heterocycles. The second-order valence-corrected chi connectivity index (χ2v) is 8.42. The third-order valence-electron chi connectivity index (χ3n) is 4.27. The normalized spacial score (nSPS) is 12.7. The largest absolute Gasteiger partial charge is 0.497 e. The summed E-state index contributed by atoms with van der Waals surface area (Å²) in [5.41, 5.74) is 2.67. The highest BCUT2D eigenvalue weighted by atomic mass is 32.2. The minimum absolute atomic E-state index is 0.0710. The van der Waals surface area contributed by atoms with E-state index in [0.29, 0.717) is 5.75 Å². The van der Waals surface area contributed by atoms with Crippen LogP contribution in [0.5, 0.6) is 5.75 Å². The summed E-state index contributed by atoms with van der Waals surface area (Å²) in [5.74, 6) is 0.371. The summed E-state index contributed by atoms with van der Waals surface area (Å²) in [6, 6.07) is 10.9. The SMILES string of the molecule is COc1ccc(S(=O)(=O)N[C@@H](C)C(=O)Nc2c(C)cccc2C(C)C)cc1. The van der Waals surface area contributed by atoms with Crippen molar-refractivity contribution >= 4 is 21.6 Å². The van der Waals surface area contributed by atoms with Gasteiger partial charge in [-0.15, -0.1) is 0 Å². The van der Waals surface area contributed by atoms with Crippen LogP contribution in [0, 0.1) is 6.92 Å². The van der Waals surface area contributed by atoms with Crippen molar-refractivity contribution in [1.82, 2.24) is 4.72 Å². The highest BCUT2D eigenvalue weighted by Crippen LogP contribution is 2.27. The molecule has 0 aliphatic carbocycles. The van der Waals surface area contributed by atoms with Crippen molar-refractivity contribution in [3.63, 3.8) is 0 Å². The summed E-state index contributed by atoms with van der Waals surface area (Å²) in [4.78, 5) is 12.7. The molecule has 0 fully saturated rings. The molecule has 2 aromatic rings. The lowest BCUT2D eigenvalue weighted by Gasteiger charge is -2.19. The molecular formula is C20H26N2O4S. The number of carbonyl (C=O) groups is 1. The van der Waals surface area contributed by atoms with Gasteiger partial charge >= 0.3 is 0 Å². The Morgan fingerprint density at radius 2 is 1.67 bits per heavy atom. The van der Waals surface area contributed by atoms with Crippen LogP contribution in [0.25, 0.3) is 0 Å². The zero-order valence-electron chi connectivity index (χ0n) is 16.2. The van der Waals surface area contributed by atoms with Gasteiger partial charge in [-0.25, -0.2) is 8.42 Å². The van der Waals surface area contributed by atoms with E-state index >= 15 is 0 Å². The van der Waals surface area contributed by atoms with Crippen LogP contribution >= 0.6 is 0 Å². The number of aryl methyl sites for hydroxylation is 1. The molecule has 0 radical (unpaired) electrons. The van der Waals surface area contributed by atoms with E-state index in [1.807, 2.05) is 39.0 Å². The predicted octanol–water partition coefficient (Wildman–Crippen LogP) is 3.43. The van der Waals surface area contributed by atoms with Crippen molar-refractivity contribution in [1.29, 1.82) is 0 Å². The summed E-state index contributed by atoms with van der Waals surface area (Å²) in [6.07, 6.45) is 0. The van der Waals surface area contributed by atoms with Crippen LogP contribution in [-0.2, 0) is 14.8 Å². The first kappa shape index (κ1) is 20.9. The zero-order valence-corrected chi connectivity index (χ0v) is 17.1. The van der Waals surface area contributed by atoms with Crippen molar-refractivity contribution in [3.8, 4) is 5.75 Å². The van der Waals surface area contributed by atoms with Gasteiger partial charge in [0.05, 0.1) is 18.0 Å². The molecule has 0 heterocycles. The second kappa shape index (κ2) is 8.54. The Morgan fingerprint density at radius 1 is 1.04 bits per heavy atom. The van der Waals surface area contributed by atoms with Gasteiger partial charge in [-0.1, -0.05) is 32.0 Å². The number of anilines is 1. The lowest BCUT2D eigenvalue weighted by molar-refractivity contribution is -0.117. The Labute approximate surface area is 161 Å². The summed E-state index contributed by atoms with van der Waals surface area (Å²) in [5, 5.41) is 2.87. The molecular weight excluding hydrogens is 364 g/mol. The van der Waals surface area contributed by atoms with Crippen LogP contribution in [0.4, 0.5) is 5.69 Å². The summed E-state index contributed by atoms with van der Waals surface area (Å²) in [7, 11) is -2.32. The predicted molar refractivity (Wildman–Crippen MR) is 107 cm³/mol. The van der Waals surface area contributed by atoms with E-state index < -0.39 is 22.0 Å². The van der Waals surface area contributed by atoms with E-state index in [4.69, 9.17) is 4.74 Å². The number of hydrogen-bond donors (Lipinski definition) is 2. The van der Waals surface area contributed by atoms with E-state index in [1.54, 1.807) is 12.1 Å². The molecule has 146 valence electrons. The van der Waals surface area contributed by atoms with E-state index in [-0.39, 0.29) is 10.8 Å². The molecule has 2 rings (SSSR count). The van der Waals surface area contributed by atoms with Gasteiger partial charge in [0.2, 0.25) is 15.9 Å². The number of benzene rings is 2. The quantitative estimate of drug-likeness (QED) is 0.758. The van der Waals surface area contributed by atoms with E-state index in [2.05, 4.69) is 10.0 Å². The lowest BCUT2D eigenvalue weighted by atomic mass is 9.98. The van der Waals surface area contributed by atoms with Crippen molar-refractivity contribution in [2.24, 2.45) is 0 Å². The van der Waals surface area contributed by atoms with Gasteiger partial charge in [-0.05, 0) is 55.2 Å². The first-order chi connectivity index (χ1) is 12.7. The number of ether oxygens (including phenoxy) is 1. The lowest BCUT2D eigenvalue weighted by Crippen LogP contribution is -2.41. The van der Waals surface area contributed by atoms with Gasteiger partial charge in [-0.2, -0.15) is 4.72 Å². The fourth-order valence-corrected chi connectivity index (χ4v) is 3.89. The monoisotopic (exact) mass is 390 g/mol. The molecule has 2 aromatic carbocycles. The minimum atomic E-state index is -3.82. The number of methoxy groups -OCH3 is 1. The molecule has 0 saturated carbocycles. The molecule has 0 aliphatic rings.